The minimum Gasteiger partial charge on any atom is -0.503 e. The Balaban J connectivity index is 1.64. The van der Waals surface area contributed by atoms with Crippen LogP contribution in [0.15, 0.2) is 84.4 Å². The van der Waals surface area contributed by atoms with E-state index < -0.39 is 23.5 Å². The van der Waals surface area contributed by atoms with E-state index in [0.717, 1.165) is 16.7 Å². The maximum absolute atomic E-state index is 13.9. The second-order valence-corrected chi connectivity index (χ2v) is 9.54. The van der Waals surface area contributed by atoms with Gasteiger partial charge in [-0.3, -0.25) is 19.5 Å². The summed E-state index contributed by atoms with van der Waals surface area (Å²) in [7, 11) is 0. The van der Waals surface area contributed by atoms with Gasteiger partial charge in [0, 0.05) is 23.6 Å². The fraction of sp³-hybridized carbons (Fsp3) is 0.143. The third kappa shape index (κ3) is 3.94. The van der Waals surface area contributed by atoms with E-state index in [0.29, 0.717) is 26.8 Å². The number of carbonyl (C=O) groups excluding carboxylic acids is 2. The summed E-state index contributed by atoms with van der Waals surface area (Å²) >= 11 is 1.26. The number of hydrogen-bond donors (Lipinski definition) is 1. The number of rotatable bonds is 5. The lowest BCUT2D eigenvalue weighted by Gasteiger charge is -2.28. The Morgan fingerprint density at radius 3 is 2.49 bits per heavy atom. The Morgan fingerprint density at radius 1 is 1.03 bits per heavy atom. The van der Waals surface area contributed by atoms with Crippen molar-refractivity contribution in [1.29, 1.82) is 0 Å². The van der Waals surface area contributed by atoms with Crippen molar-refractivity contribution in [3.8, 4) is 10.6 Å². The predicted molar refractivity (Wildman–Crippen MR) is 137 cm³/mol. The zero-order chi connectivity index (χ0) is 24.7. The third-order valence-corrected chi connectivity index (χ3v) is 7.29. The van der Waals surface area contributed by atoms with Crippen LogP contribution in [0, 0.1) is 20.8 Å². The third-order valence-electron chi connectivity index (χ3n) is 6.09. The van der Waals surface area contributed by atoms with Gasteiger partial charge in [0.2, 0.25) is 5.78 Å². The van der Waals surface area contributed by atoms with E-state index in [1.165, 1.54) is 16.2 Å². The maximum Gasteiger partial charge on any atom is 0.294 e. The molecule has 7 heteroatoms. The summed E-state index contributed by atoms with van der Waals surface area (Å²) < 4.78 is 0. The largest absolute Gasteiger partial charge is 0.503 e. The molecule has 0 radical (unpaired) electrons. The molecule has 1 N–H and O–H groups in total. The first-order chi connectivity index (χ1) is 16.9. The lowest BCUT2D eigenvalue weighted by atomic mass is 9.95. The number of aryl methyl sites for hydroxylation is 3. The summed E-state index contributed by atoms with van der Waals surface area (Å²) in [5.74, 6) is -1.56. The molecule has 1 aliphatic rings. The first-order valence-electron chi connectivity index (χ1n) is 11.2. The van der Waals surface area contributed by atoms with Crippen LogP contribution in [-0.2, 0) is 4.79 Å². The van der Waals surface area contributed by atoms with Gasteiger partial charge in [0.15, 0.2) is 5.76 Å². The smallest absolute Gasteiger partial charge is 0.294 e. The maximum atomic E-state index is 13.9. The minimum absolute atomic E-state index is 0.0364. The molecule has 174 valence electrons. The van der Waals surface area contributed by atoms with Crippen molar-refractivity contribution in [2.75, 3.05) is 4.90 Å². The number of pyridine rings is 1. The number of benzene rings is 2. The minimum atomic E-state index is -0.813. The standard InChI is InChI=1S/C28H23N3O3S/c1-16-11-12-21(17(2)14-16)31-23(20-10-7-13-29-15-20)22(25(33)28(31)34)24(32)26-18(3)30-27(35-26)19-8-5-4-6-9-19/h4-15,23,33H,1-3H3. The first-order valence-corrected chi connectivity index (χ1v) is 12.0. The van der Waals surface area contributed by atoms with Gasteiger partial charge in [0.25, 0.3) is 5.91 Å². The lowest BCUT2D eigenvalue weighted by Crippen LogP contribution is -2.31. The Bertz CT molecular complexity index is 1480. The second kappa shape index (κ2) is 8.92. The SMILES string of the molecule is Cc1ccc(N2C(=O)C(O)=C(C(=O)c3sc(-c4ccccc4)nc3C)C2c2cccnc2)c(C)c1. The summed E-state index contributed by atoms with van der Waals surface area (Å²) in [4.78, 5) is 38.0. The number of hydrogen-bond acceptors (Lipinski definition) is 6. The van der Waals surface area contributed by atoms with Gasteiger partial charge in [-0.1, -0.05) is 54.1 Å². The molecule has 1 atom stereocenters. The molecule has 0 aliphatic carbocycles. The van der Waals surface area contributed by atoms with E-state index in [2.05, 4.69) is 9.97 Å². The molecule has 2 aromatic heterocycles. The topological polar surface area (TPSA) is 83.4 Å². The molecule has 1 amide bonds. The predicted octanol–water partition coefficient (Wildman–Crippen LogP) is 5.91. The quantitative estimate of drug-likeness (QED) is 0.358. The number of aliphatic hydroxyl groups is 1. The van der Waals surface area contributed by atoms with Crippen molar-refractivity contribution >= 4 is 28.7 Å². The van der Waals surface area contributed by atoms with Crippen molar-refractivity contribution in [1.82, 2.24) is 9.97 Å². The van der Waals surface area contributed by atoms with Crippen molar-refractivity contribution in [2.24, 2.45) is 0 Å². The Labute approximate surface area is 207 Å². The molecule has 0 saturated heterocycles. The number of thiazole rings is 1. The Hall–Kier alpha value is -4.10. The molecule has 2 aromatic carbocycles. The van der Waals surface area contributed by atoms with Crippen molar-refractivity contribution in [3.63, 3.8) is 0 Å². The molecule has 6 nitrogen and oxygen atoms in total. The summed E-state index contributed by atoms with van der Waals surface area (Å²) in [6.45, 7) is 5.65. The molecule has 0 saturated carbocycles. The molecule has 0 spiro atoms. The summed E-state index contributed by atoms with van der Waals surface area (Å²) in [6, 6.07) is 18.1. The van der Waals surface area contributed by atoms with Gasteiger partial charge in [0.1, 0.15) is 5.01 Å². The van der Waals surface area contributed by atoms with Gasteiger partial charge in [-0.25, -0.2) is 4.98 Å². The van der Waals surface area contributed by atoms with Crippen LogP contribution < -0.4 is 4.90 Å². The van der Waals surface area contributed by atoms with Gasteiger partial charge in [-0.2, -0.15) is 0 Å². The molecule has 5 rings (SSSR count). The van der Waals surface area contributed by atoms with Crippen molar-refractivity contribution < 1.29 is 14.7 Å². The molecule has 0 fully saturated rings. The zero-order valence-electron chi connectivity index (χ0n) is 19.5. The number of aliphatic hydroxyl groups excluding tert-OH is 1. The van der Waals surface area contributed by atoms with Crippen LogP contribution in [0.1, 0.15) is 38.1 Å². The first kappa shape index (κ1) is 22.7. The monoisotopic (exact) mass is 481 g/mol. The molecule has 0 bridgehead atoms. The van der Waals surface area contributed by atoms with Crippen molar-refractivity contribution in [3.05, 3.63) is 112 Å². The average Bonchev–Trinajstić information content (AvgIpc) is 3.37. The summed E-state index contributed by atoms with van der Waals surface area (Å²) in [5.41, 5.74) is 4.69. The van der Waals surface area contributed by atoms with Crippen LogP contribution in [0.5, 0.6) is 0 Å². The number of Topliss-reactive ketones (excluding diaryl/α,β-unsaturated/α-hetero) is 1. The fourth-order valence-corrected chi connectivity index (χ4v) is 5.47. The van der Waals surface area contributed by atoms with Crippen LogP contribution in [0.3, 0.4) is 0 Å². The second-order valence-electron chi connectivity index (χ2n) is 8.54. The van der Waals surface area contributed by atoms with E-state index in [4.69, 9.17) is 0 Å². The molecule has 35 heavy (non-hydrogen) atoms. The molecule has 1 unspecified atom stereocenters. The Kier molecular flexibility index (Phi) is 5.78. The number of amides is 1. The number of nitrogens with zero attached hydrogens (tertiary/aromatic N) is 3. The highest BCUT2D eigenvalue weighted by Gasteiger charge is 2.45. The van der Waals surface area contributed by atoms with Gasteiger partial charge in [0.05, 0.1) is 22.2 Å². The van der Waals surface area contributed by atoms with E-state index in [1.807, 2.05) is 68.4 Å². The molecule has 3 heterocycles. The van der Waals surface area contributed by atoms with Gasteiger partial charge >= 0.3 is 0 Å². The van der Waals surface area contributed by atoms with Gasteiger partial charge < -0.3 is 5.11 Å². The van der Waals surface area contributed by atoms with E-state index in [-0.39, 0.29) is 5.57 Å². The summed E-state index contributed by atoms with van der Waals surface area (Å²) in [6.07, 6.45) is 3.25. The lowest BCUT2D eigenvalue weighted by molar-refractivity contribution is -0.117. The zero-order valence-corrected chi connectivity index (χ0v) is 20.3. The average molecular weight is 482 g/mol. The number of aromatic nitrogens is 2. The van der Waals surface area contributed by atoms with Gasteiger partial charge in [-0.15, -0.1) is 11.3 Å². The van der Waals surface area contributed by atoms with Crippen LogP contribution in [0.2, 0.25) is 0 Å². The Morgan fingerprint density at radius 2 is 1.80 bits per heavy atom. The van der Waals surface area contributed by atoms with Gasteiger partial charge in [-0.05, 0) is 44.0 Å². The normalized spacial score (nSPS) is 15.7. The molecular formula is C28H23N3O3S. The van der Waals surface area contributed by atoms with E-state index >= 15 is 0 Å². The van der Waals surface area contributed by atoms with Crippen LogP contribution in [-0.4, -0.2) is 26.8 Å². The number of carbonyl (C=O) groups is 2. The van der Waals surface area contributed by atoms with E-state index in [9.17, 15) is 14.7 Å². The highest BCUT2D eigenvalue weighted by Crippen LogP contribution is 2.44. The molecule has 1 aliphatic heterocycles. The molecular weight excluding hydrogens is 458 g/mol. The highest BCUT2D eigenvalue weighted by molar-refractivity contribution is 7.17. The van der Waals surface area contributed by atoms with Crippen LogP contribution in [0.4, 0.5) is 5.69 Å². The fourth-order valence-electron chi connectivity index (χ4n) is 4.45. The number of anilines is 1. The van der Waals surface area contributed by atoms with Crippen molar-refractivity contribution in [2.45, 2.75) is 26.8 Å². The summed E-state index contributed by atoms with van der Waals surface area (Å²) in [5, 5.41) is 11.8. The number of ketones is 1. The van der Waals surface area contributed by atoms with Crippen LogP contribution >= 0.6 is 11.3 Å². The molecule has 4 aromatic rings. The highest BCUT2D eigenvalue weighted by atomic mass is 32.1. The van der Waals surface area contributed by atoms with Crippen LogP contribution in [0.25, 0.3) is 10.6 Å². The van der Waals surface area contributed by atoms with E-state index in [1.54, 1.807) is 25.4 Å².